The van der Waals surface area contributed by atoms with Crippen LogP contribution in [0.3, 0.4) is 0 Å². The number of hydrogen-bond donors (Lipinski definition) is 1. The van der Waals surface area contributed by atoms with E-state index in [4.69, 9.17) is 0 Å². The molecule has 0 aliphatic carbocycles. The minimum Gasteiger partial charge on any atom is -0.396 e. The third-order valence-electron chi connectivity index (χ3n) is 4.62. The number of aliphatic hydroxyl groups is 1. The van der Waals surface area contributed by atoms with Crippen LogP contribution >= 0.6 is 0 Å². The standard InChI is InChI=1S/C16H26N2O2/c1-5-17-12(3)8-15(13(17)4)16(20)18-9-14(10-19)7-6-11(18)2/h8,11,14,19H,5-7,9-10H2,1-4H3. The maximum absolute atomic E-state index is 12.8. The highest BCUT2D eigenvalue weighted by molar-refractivity contribution is 5.96. The van der Waals surface area contributed by atoms with Gasteiger partial charge < -0.3 is 14.6 Å². The highest BCUT2D eigenvalue weighted by Gasteiger charge is 2.30. The Hall–Kier alpha value is -1.29. The number of aromatic nitrogens is 1. The van der Waals surface area contributed by atoms with Gasteiger partial charge in [-0.1, -0.05) is 0 Å². The van der Waals surface area contributed by atoms with Gasteiger partial charge in [0.1, 0.15) is 0 Å². The highest BCUT2D eigenvalue weighted by Crippen LogP contribution is 2.25. The van der Waals surface area contributed by atoms with Crippen LogP contribution in [0.5, 0.6) is 0 Å². The zero-order valence-corrected chi connectivity index (χ0v) is 13.0. The van der Waals surface area contributed by atoms with Gasteiger partial charge in [-0.05, 0) is 52.5 Å². The molecule has 0 saturated carbocycles. The largest absolute Gasteiger partial charge is 0.396 e. The van der Waals surface area contributed by atoms with Crippen LogP contribution in [-0.4, -0.2) is 39.7 Å². The number of rotatable bonds is 3. The number of piperidine rings is 1. The average Bonchev–Trinajstić information content (AvgIpc) is 2.73. The van der Waals surface area contributed by atoms with E-state index in [1.807, 2.05) is 24.8 Å². The topological polar surface area (TPSA) is 45.5 Å². The first kappa shape index (κ1) is 15.1. The molecule has 1 aliphatic rings. The quantitative estimate of drug-likeness (QED) is 0.922. The molecule has 112 valence electrons. The van der Waals surface area contributed by atoms with E-state index < -0.39 is 0 Å². The normalized spacial score (nSPS) is 23.1. The summed E-state index contributed by atoms with van der Waals surface area (Å²) in [7, 11) is 0. The van der Waals surface area contributed by atoms with E-state index in [0.29, 0.717) is 6.54 Å². The Morgan fingerprint density at radius 1 is 1.40 bits per heavy atom. The molecule has 0 aromatic carbocycles. The van der Waals surface area contributed by atoms with Crippen molar-refractivity contribution in [1.82, 2.24) is 9.47 Å². The number of aliphatic hydroxyl groups excluding tert-OH is 1. The Balaban J connectivity index is 2.26. The van der Waals surface area contributed by atoms with Gasteiger partial charge in [0.25, 0.3) is 5.91 Å². The molecule has 2 unspecified atom stereocenters. The van der Waals surface area contributed by atoms with E-state index in [1.54, 1.807) is 0 Å². The minimum atomic E-state index is 0.114. The zero-order chi connectivity index (χ0) is 14.9. The molecule has 2 heterocycles. The molecular formula is C16H26N2O2. The smallest absolute Gasteiger partial charge is 0.255 e. The number of carbonyl (C=O) groups is 1. The molecule has 0 spiro atoms. The van der Waals surface area contributed by atoms with Crippen LogP contribution in [-0.2, 0) is 6.54 Å². The second kappa shape index (κ2) is 6.00. The van der Waals surface area contributed by atoms with Gasteiger partial charge in [0.05, 0.1) is 5.56 Å². The van der Waals surface area contributed by atoms with E-state index in [2.05, 4.69) is 18.4 Å². The van der Waals surface area contributed by atoms with Gasteiger partial charge in [-0.15, -0.1) is 0 Å². The second-order valence-corrected chi connectivity index (χ2v) is 5.96. The predicted octanol–water partition coefficient (Wildman–Crippen LogP) is 2.36. The molecule has 4 heteroatoms. The number of nitrogens with zero attached hydrogens (tertiary/aromatic N) is 2. The van der Waals surface area contributed by atoms with E-state index >= 15 is 0 Å². The maximum Gasteiger partial charge on any atom is 0.255 e. The Morgan fingerprint density at radius 2 is 2.10 bits per heavy atom. The number of aryl methyl sites for hydroxylation is 1. The average molecular weight is 278 g/mol. The molecule has 1 aromatic rings. The summed E-state index contributed by atoms with van der Waals surface area (Å²) in [5.74, 6) is 0.341. The summed E-state index contributed by atoms with van der Waals surface area (Å²) in [6.45, 7) is 9.99. The summed E-state index contributed by atoms with van der Waals surface area (Å²) in [6, 6.07) is 2.26. The van der Waals surface area contributed by atoms with Crippen molar-refractivity contribution in [2.45, 2.75) is 53.1 Å². The van der Waals surface area contributed by atoms with Crippen LogP contribution in [0, 0.1) is 19.8 Å². The van der Waals surface area contributed by atoms with E-state index in [9.17, 15) is 9.90 Å². The lowest BCUT2D eigenvalue weighted by atomic mass is 9.93. The molecule has 1 amide bonds. The van der Waals surface area contributed by atoms with Crippen molar-refractivity contribution in [3.63, 3.8) is 0 Å². The van der Waals surface area contributed by atoms with Gasteiger partial charge in [0.2, 0.25) is 0 Å². The first-order valence-electron chi connectivity index (χ1n) is 7.58. The van der Waals surface area contributed by atoms with E-state index in [0.717, 1.165) is 36.3 Å². The summed E-state index contributed by atoms with van der Waals surface area (Å²) in [5, 5.41) is 9.35. The van der Waals surface area contributed by atoms with Gasteiger partial charge in [0, 0.05) is 37.1 Å². The fourth-order valence-corrected chi connectivity index (χ4v) is 3.27. The zero-order valence-electron chi connectivity index (χ0n) is 13.0. The lowest BCUT2D eigenvalue weighted by Gasteiger charge is -2.37. The molecule has 2 rings (SSSR count). The third-order valence-corrected chi connectivity index (χ3v) is 4.62. The molecule has 2 atom stereocenters. The van der Waals surface area contributed by atoms with Crippen molar-refractivity contribution in [1.29, 1.82) is 0 Å². The van der Waals surface area contributed by atoms with Crippen LogP contribution < -0.4 is 0 Å². The molecule has 0 bridgehead atoms. The van der Waals surface area contributed by atoms with Crippen molar-refractivity contribution < 1.29 is 9.90 Å². The Morgan fingerprint density at radius 3 is 2.65 bits per heavy atom. The van der Waals surface area contributed by atoms with Gasteiger partial charge in [-0.3, -0.25) is 4.79 Å². The maximum atomic E-state index is 12.8. The monoisotopic (exact) mass is 278 g/mol. The summed E-state index contributed by atoms with van der Waals surface area (Å²) >= 11 is 0. The molecule has 4 nitrogen and oxygen atoms in total. The van der Waals surface area contributed by atoms with E-state index in [-0.39, 0.29) is 24.5 Å². The highest BCUT2D eigenvalue weighted by atomic mass is 16.3. The van der Waals surface area contributed by atoms with Crippen molar-refractivity contribution in [3.05, 3.63) is 23.0 Å². The first-order valence-corrected chi connectivity index (χ1v) is 7.58. The SMILES string of the molecule is CCn1c(C)cc(C(=O)N2CC(CO)CCC2C)c1C. The molecular weight excluding hydrogens is 252 g/mol. The molecule has 0 radical (unpaired) electrons. The molecule has 1 saturated heterocycles. The van der Waals surface area contributed by atoms with Crippen LogP contribution in [0.15, 0.2) is 6.07 Å². The van der Waals surface area contributed by atoms with Gasteiger partial charge in [0.15, 0.2) is 0 Å². The Bertz CT molecular complexity index is 493. The molecule has 1 aromatic heterocycles. The predicted molar refractivity (Wildman–Crippen MR) is 79.9 cm³/mol. The molecule has 20 heavy (non-hydrogen) atoms. The lowest BCUT2D eigenvalue weighted by molar-refractivity contribution is 0.0488. The summed E-state index contributed by atoms with van der Waals surface area (Å²) in [6.07, 6.45) is 1.99. The fourth-order valence-electron chi connectivity index (χ4n) is 3.27. The molecule has 1 N–H and O–H groups in total. The van der Waals surface area contributed by atoms with E-state index in [1.165, 1.54) is 0 Å². The lowest BCUT2D eigenvalue weighted by Crippen LogP contribution is -2.46. The van der Waals surface area contributed by atoms with Crippen LogP contribution in [0.25, 0.3) is 0 Å². The van der Waals surface area contributed by atoms with Crippen molar-refractivity contribution >= 4 is 5.91 Å². The number of carbonyl (C=O) groups excluding carboxylic acids is 1. The molecule has 1 fully saturated rings. The number of likely N-dealkylation sites (tertiary alicyclic amines) is 1. The van der Waals surface area contributed by atoms with Gasteiger partial charge in [-0.2, -0.15) is 0 Å². The van der Waals surface area contributed by atoms with Crippen molar-refractivity contribution in [3.8, 4) is 0 Å². The van der Waals surface area contributed by atoms with Gasteiger partial charge >= 0.3 is 0 Å². The van der Waals surface area contributed by atoms with Crippen molar-refractivity contribution in [2.24, 2.45) is 5.92 Å². The minimum absolute atomic E-state index is 0.114. The fraction of sp³-hybridized carbons (Fsp3) is 0.688. The Labute approximate surface area is 121 Å². The number of hydrogen-bond acceptors (Lipinski definition) is 2. The first-order chi connectivity index (χ1) is 9.49. The summed E-state index contributed by atoms with van der Waals surface area (Å²) in [4.78, 5) is 14.7. The molecule has 1 aliphatic heterocycles. The third kappa shape index (κ3) is 2.62. The van der Waals surface area contributed by atoms with Crippen molar-refractivity contribution in [2.75, 3.05) is 13.2 Å². The number of amides is 1. The van der Waals surface area contributed by atoms with Crippen LogP contribution in [0.1, 0.15) is 48.4 Å². The van der Waals surface area contributed by atoms with Crippen LogP contribution in [0.4, 0.5) is 0 Å². The summed E-state index contributed by atoms with van der Waals surface area (Å²) < 4.78 is 2.17. The summed E-state index contributed by atoms with van der Waals surface area (Å²) in [5.41, 5.74) is 3.00. The van der Waals surface area contributed by atoms with Crippen LogP contribution in [0.2, 0.25) is 0 Å². The van der Waals surface area contributed by atoms with Gasteiger partial charge in [-0.25, -0.2) is 0 Å². The Kier molecular flexibility index (Phi) is 4.53. The second-order valence-electron chi connectivity index (χ2n) is 5.96.